The number of nitrogen functional groups attached to an aromatic ring is 1. The van der Waals surface area contributed by atoms with Crippen molar-refractivity contribution in [3.63, 3.8) is 0 Å². The molecule has 1 aliphatic rings. The van der Waals surface area contributed by atoms with E-state index in [-0.39, 0.29) is 0 Å². The quantitative estimate of drug-likeness (QED) is 0.773. The molecule has 2 aromatic heterocycles. The summed E-state index contributed by atoms with van der Waals surface area (Å²) < 4.78 is 7.34. The summed E-state index contributed by atoms with van der Waals surface area (Å²) in [7, 11) is 0. The fourth-order valence-corrected chi connectivity index (χ4v) is 2.77. The molecule has 124 valence electrons. The van der Waals surface area contributed by atoms with Gasteiger partial charge in [-0.25, -0.2) is 9.97 Å². The number of hydrogen-bond donors (Lipinski definition) is 2. The van der Waals surface area contributed by atoms with E-state index in [0.717, 1.165) is 55.7 Å². The van der Waals surface area contributed by atoms with Gasteiger partial charge < -0.3 is 15.8 Å². The maximum absolute atomic E-state index is 5.82. The molecule has 3 heterocycles. The van der Waals surface area contributed by atoms with Gasteiger partial charge in [0.15, 0.2) is 0 Å². The van der Waals surface area contributed by atoms with Crippen LogP contribution in [0, 0.1) is 13.8 Å². The zero-order valence-corrected chi connectivity index (χ0v) is 13.6. The Labute approximate surface area is 135 Å². The van der Waals surface area contributed by atoms with E-state index < -0.39 is 0 Å². The van der Waals surface area contributed by atoms with Crippen molar-refractivity contribution in [3.05, 3.63) is 23.4 Å². The standard InChI is InChI=1S/C15H23N7O/c1-10-18-11(2)22(21-10)6-3-5-17-14-8-13(19-15(16)20-14)12-4-7-23-9-12/h8,12H,3-7,9H2,1-2H3,(H3,16,17,19,20)/t12-/m0/s1. The molecule has 1 atom stereocenters. The second-order valence-corrected chi connectivity index (χ2v) is 5.81. The van der Waals surface area contributed by atoms with Gasteiger partial charge in [-0.3, -0.25) is 4.68 Å². The highest BCUT2D eigenvalue weighted by Gasteiger charge is 2.20. The van der Waals surface area contributed by atoms with Gasteiger partial charge >= 0.3 is 0 Å². The molecule has 1 saturated heterocycles. The average Bonchev–Trinajstić information content (AvgIpc) is 3.13. The number of nitrogens with zero attached hydrogens (tertiary/aromatic N) is 5. The maximum atomic E-state index is 5.82. The van der Waals surface area contributed by atoms with Gasteiger partial charge in [-0.1, -0.05) is 0 Å². The van der Waals surface area contributed by atoms with E-state index in [1.165, 1.54) is 0 Å². The molecule has 8 nitrogen and oxygen atoms in total. The molecular formula is C15H23N7O. The molecule has 23 heavy (non-hydrogen) atoms. The van der Waals surface area contributed by atoms with Crippen LogP contribution in [0.25, 0.3) is 0 Å². The van der Waals surface area contributed by atoms with Crippen LogP contribution < -0.4 is 11.1 Å². The van der Waals surface area contributed by atoms with Gasteiger partial charge in [0, 0.05) is 31.7 Å². The van der Waals surface area contributed by atoms with Crippen molar-refractivity contribution in [1.82, 2.24) is 24.7 Å². The van der Waals surface area contributed by atoms with Gasteiger partial charge in [0.05, 0.1) is 12.3 Å². The third-order valence-electron chi connectivity index (χ3n) is 3.93. The largest absolute Gasteiger partial charge is 0.381 e. The number of aryl methyl sites for hydroxylation is 3. The summed E-state index contributed by atoms with van der Waals surface area (Å²) in [4.78, 5) is 12.9. The maximum Gasteiger partial charge on any atom is 0.222 e. The molecule has 1 aliphatic heterocycles. The number of ether oxygens (including phenoxy) is 1. The van der Waals surface area contributed by atoms with Gasteiger partial charge in [0.25, 0.3) is 0 Å². The Bertz CT molecular complexity index is 664. The Morgan fingerprint density at radius 2 is 2.22 bits per heavy atom. The highest BCUT2D eigenvalue weighted by Crippen LogP contribution is 2.25. The van der Waals surface area contributed by atoms with Crippen molar-refractivity contribution in [2.45, 2.75) is 39.2 Å². The Morgan fingerprint density at radius 3 is 2.91 bits per heavy atom. The second-order valence-electron chi connectivity index (χ2n) is 5.81. The predicted molar refractivity (Wildman–Crippen MR) is 87.2 cm³/mol. The van der Waals surface area contributed by atoms with Crippen LogP contribution in [0.1, 0.15) is 36.1 Å². The topological polar surface area (TPSA) is 104 Å². The van der Waals surface area contributed by atoms with Crippen molar-refractivity contribution < 1.29 is 4.74 Å². The lowest BCUT2D eigenvalue weighted by Crippen LogP contribution is -2.12. The van der Waals surface area contributed by atoms with E-state index in [4.69, 9.17) is 10.5 Å². The normalized spacial score (nSPS) is 17.6. The highest BCUT2D eigenvalue weighted by molar-refractivity contribution is 5.41. The molecule has 0 amide bonds. The molecular weight excluding hydrogens is 294 g/mol. The first-order valence-corrected chi connectivity index (χ1v) is 7.96. The van der Waals surface area contributed by atoms with Crippen LogP contribution in [0.5, 0.6) is 0 Å². The van der Waals surface area contributed by atoms with E-state index in [0.29, 0.717) is 18.5 Å². The summed E-state index contributed by atoms with van der Waals surface area (Å²) in [5, 5.41) is 7.67. The lowest BCUT2D eigenvalue weighted by molar-refractivity contribution is 0.193. The number of rotatable bonds is 6. The molecule has 0 bridgehead atoms. The summed E-state index contributed by atoms with van der Waals surface area (Å²) in [5.74, 6) is 3.15. The van der Waals surface area contributed by atoms with Crippen LogP contribution in [0.2, 0.25) is 0 Å². The summed E-state index contributed by atoms with van der Waals surface area (Å²) in [6.07, 6.45) is 1.91. The molecule has 3 N–H and O–H groups in total. The Balaban J connectivity index is 1.54. The molecule has 3 rings (SSSR count). The van der Waals surface area contributed by atoms with Crippen LogP contribution in [0.4, 0.5) is 11.8 Å². The summed E-state index contributed by atoms with van der Waals surface area (Å²) in [5.41, 5.74) is 6.78. The fraction of sp³-hybridized carbons (Fsp3) is 0.600. The molecule has 0 aromatic carbocycles. The fourth-order valence-electron chi connectivity index (χ4n) is 2.77. The lowest BCUT2D eigenvalue weighted by Gasteiger charge is -2.11. The molecule has 0 spiro atoms. The van der Waals surface area contributed by atoms with Crippen molar-refractivity contribution in [2.75, 3.05) is 30.8 Å². The van der Waals surface area contributed by atoms with Crippen LogP contribution in [0.15, 0.2) is 6.07 Å². The molecule has 0 saturated carbocycles. The van der Waals surface area contributed by atoms with Crippen LogP contribution in [0.3, 0.4) is 0 Å². The van der Waals surface area contributed by atoms with Gasteiger partial charge in [0.2, 0.25) is 5.95 Å². The van der Waals surface area contributed by atoms with E-state index >= 15 is 0 Å². The number of aromatic nitrogens is 5. The number of nitrogens with one attached hydrogen (secondary N) is 1. The monoisotopic (exact) mass is 317 g/mol. The number of anilines is 2. The van der Waals surface area contributed by atoms with E-state index in [1.807, 2.05) is 24.6 Å². The van der Waals surface area contributed by atoms with Gasteiger partial charge in [-0.2, -0.15) is 10.1 Å². The molecule has 8 heteroatoms. The van der Waals surface area contributed by atoms with Crippen molar-refractivity contribution in [1.29, 1.82) is 0 Å². The average molecular weight is 317 g/mol. The lowest BCUT2D eigenvalue weighted by atomic mass is 10.0. The Kier molecular flexibility index (Phi) is 4.71. The van der Waals surface area contributed by atoms with Gasteiger partial charge in [-0.05, 0) is 26.7 Å². The van der Waals surface area contributed by atoms with Crippen LogP contribution >= 0.6 is 0 Å². The van der Waals surface area contributed by atoms with Gasteiger partial charge in [0.1, 0.15) is 17.5 Å². The summed E-state index contributed by atoms with van der Waals surface area (Å²) >= 11 is 0. The minimum absolute atomic E-state index is 0.305. The minimum atomic E-state index is 0.305. The minimum Gasteiger partial charge on any atom is -0.381 e. The van der Waals surface area contributed by atoms with Crippen molar-refractivity contribution >= 4 is 11.8 Å². The molecule has 0 unspecified atom stereocenters. The Hall–Kier alpha value is -2.22. The van der Waals surface area contributed by atoms with E-state index in [2.05, 4.69) is 25.4 Å². The summed E-state index contributed by atoms with van der Waals surface area (Å²) in [6.45, 7) is 6.97. The van der Waals surface area contributed by atoms with E-state index in [1.54, 1.807) is 0 Å². The second kappa shape index (κ2) is 6.91. The SMILES string of the molecule is Cc1nc(C)n(CCCNc2cc([C@H]3CCOC3)nc(N)n2)n1. The zero-order chi connectivity index (χ0) is 16.2. The zero-order valence-electron chi connectivity index (χ0n) is 13.6. The Morgan fingerprint density at radius 1 is 1.35 bits per heavy atom. The predicted octanol–water partition coefficient (Wildman–Crippen LogP) is 1.27. The summed E-state index contributed by atoms with van der Waals surface area (Å²) in [6, 6.07) is 1.97. The first kappa shape index (κ1) is 15.7. The highest BCUT2D eigenvalue weighted by atomic mass is 16.5. The first-order valence-electron chi connectivity index (χ1n) is 7.96. The van der Waals surface area contributed by atoms with Crippen molar-refractivity contribution in [2.24, 2.45) is 0 Å². The first-order chi connectivity index (χ1) is 11.1. The number of nitrogens with two attached hydrogens (primary N) is 1. The van der Waals surface area contributed by atoms with Gasteiger partial charge in [-0.15, -0.1) is 0 Å². The molecule has 0 radical (unpaired) electrons. The number of hydrogen-bond acceptors (Lipinski definition) is 7. The van der Waals surface area contributed by atoms with Crippen molar-refractivity contribution in [3.8, 4) is 0 Å². The third-order valence-corrected chi connectivity index (χ3v) is 3.93. The smallest absolute Gasteiger partial charge is 0.222 e. The molecule has 1 fully saturated rings. The van der Waals surface area contributed by atoms with Crippen LogP contribution in [-0.2, 0) is 11.3 Å². The van der Waals surface area contributed by atoms with E-state index in [9.17, 15) is 0 Å². The third kappa shape index (κ3) is 3.95. The molecule has 0 aliphatic carbocycles. The van der Waals surface area contributed by atoms with Crippen LogP contribution in [-0.4, -0.2) is 44.5 Å². The molecule has 2 aromatic rings.